The van der Waals surface area contributed by atoms with Crippen LogP contribution >= 0.6 is 0 Å². The lowest BCUT2D eigenvalue weighted by molar-refractivity contribution is 0.303. The van der Waals surface area contributed by atoms with Gasteiger partial charge in [-0.25, -0.2) is 4.31 Å². The van der Waals surface area contributed by atoms with Gasteiger partial charge in [0.1, 0.15) is 5.75 Å². The molecule has 1 aliphatic rings. The summed E-state index contributed by atoms with van der Waals surface area (Å²) in [6.07, 6.45) is 4.85. The summed E-state index contributed by atoms with van der Waals surface area (Å²) in [6.45, 7) is 2.14. The molecule has 0 saturated heterocycles. The molecule has 1 aromatic carbocycles. The van der Waals surface area contributed by atoms with Gasteiger partial charge in [-0.3, -0.25) is 4.55 Å². The van der Waals surface area contributed by atoms with E-state index in [-0.39, 0.29) is 0 Å². The maximum atomic E-state index is 11.4. The number of hydrogen-bond acceptors (Lipinski definition) is 4. The Hall–Kier alpha value is -1.09. The summed E-state index contributed by atoms with van der Waals surface area (Å²) in [4.78, 5) is 0. The van der Waals surface area contributed by atoms with Crippen LogP contribution in [0.5, 0.6) is 5.75 Å². The van der Waals surface area contributed by atoms with E-state index >= 15 is 0 Å². The van der Waals surface area contributed by atoms with Crippen LogP contribution in [0.3, 0.4) is 0 Å². The Morgan fingerprint density at radius 3 is 2.83 bits per heavy atom. The molecular formula is C15H26N2O4SSi. The Labute approximate surface area is 141 Å². The molecule has 0 radical (unpaired) electrons. The van der Waals surface area contributed by atoms with Gasteiger partial charge in [-0.2, -0.15) is 8.42 Å². The van der Waals surface area contributed by atoms with Crippen molar-refractivity contribution >= 4 is 26.4 Å². The smallest absolute Gasteiger partial charge is 0.359 e. The summed E-state index contributed by atoms with van der Waals surface area (Å²) in [5, 5.41) is 0. The predicted octanol–water partition coefficient (Wildman–Crippen LogP) is 1.00. The van der Waals surface area contributed by atoms with Crippen molar-refractivity contribution in [1.82, 2.24) is 4.57 Å². The van der Waals surface area contributed by atoms with Gasteiger partial charge in [0.25, 0.3) is 0 Å². The van der Waals surface area contributed by atoms with Crippen molar-refractivity contribution in [3.63, 3.8) is 0 Å². The molecule has 1 aliphatic heterocycles. The van der Waals surface area contributed by atoms with Crippen molar-refractivity contribution in [3.05, 3.63) is 23.8 Å². The minimum atomic E-state index is -4.20. The summed E-state index contributed by atoms with van der Waals surface area (Å²) >= 11 is 0. The van der Waals surface area contributed by atoms with Gasteiger partial charge in [0.15, 0.2) is 0 Å². The number of aryl methyl sites for hydroxylation is 1. The third kappa shape index (κ3) is 5.49. The first-order chi connectivity index (χ1) is 10.9. The van der Waals surface area contributed by atoms with Gasteiger partial charge in [-0.1, -0.05) is 0 Å². The molecule has 2 rings (SSSR count). The lowest BCUT2D eigenvalue weighted by Crippen LogP contribution is -2.34. The zero-order valence-electron chi connectivity index (χ0n) is 13.9. The largest absolute Gasteiger partial charge is 0.494 e. The highest BCUT2D eigenvalue weighted by atomic mass is 32.2. The molecule has 23 heavy (non-hydrogen) atoms. The van der Waals surface area contributed by atoms with Crippen LogP contribution in [-0.4, -0.2) is 54.7 Å². The molecule has 0 saturated carbocycles. The van der Waals surface area contributed by atoms with E-state index in [2.05, 4.69) is 11.6 Å². The van der Waals surface area contributed by atoms with Crippen molar-refractivity contribution < 1.29 is 17.7 Å². The molecule has 0 amide bonds. The predicted molar refractivity (Wildman–Crippen MR) is 95.6 cm³/mol. The Morgan fingerprint density at radius 1 is 1.35 bits per heavy atom. The topological polar surface area (TPSA) is 70.1 Å². The fourth-order valence-electron chi connectivity index (χ4n) is 2.77. The van der Waals surface area contributed by atoms with Gasteiger partial charge in [0.2, 0.25) is 0 Å². The fourth-order valence-corrected chi connectivity index (χ4v) is 3.87. The Balaban J connectivity index is 1.89. The summed E-state index contributed by atoms with van der Waals surface area (Å²) in [5.41, 5.74) is 1.46. The Kier molecular flexibility index (Phi) is 6.46. The monoisotopic (exact) mass is 358 g/mol. The standard InChI is InChI=1S/C15H26N2O4SSi/c1-16(23)9-3-2-4-11-21-14-7-8-15-13(12-14)6-5-10-17(15)22(18,19)20/h7-8,12H,2-6,9-11H2,1,23H3,(H,18,19,20). The van der Waals surface area contributed by atoms with Gasteiger partial charge in [-0.05, 0) is 69.5 Å². The number of hydrogen-bond donors (Lipinski definition) is 1. The van der Waals surface area contributed by atoms with Crippen molar-refractivity contribution in [1.29, 1.82) is 0 Å². The molecule has 0 spiro atoms. The van der Waals surface area contributed by atoms with Crippen LogP contribution in [0.15, 0.2) is 18.2 Å². The molecule has 0 atom stereocenters. The van der Waals surface area contributed by atoms with Crippen LogP contribution in [0.4, 0.5) is 5.69 Å². The molecule has 0 aliphatic carbocycles. The number of ether oxygens (including phenoxy) is 1. The van der Waals surface area contributed by atoms with E-state index in [0.717, 1.165) is 51.8 Å². The third-order valence-electron chi connectivity index (χ3n) is 3.92. The summed E-state index contributed by atoms with van der Waals surface area (Å²) in [7, 11) is -0.960. The highest BCUT2D eigenvalue weighted by Gasteiger charge is 2.25. The Bertz CT molecular complexity index is 622. The maximum absolute atomic E-state index is 11.4. The molecule has 8 heteroatoms. The van der Waals surface area contributed by atoms with E-state index in [4.69, 9.17) is 4.74 Å². The summed E-state index contributed by atoms with van der Waals surface area (Å²) in [5.74, 6) is 0.765. The zero-order chi connectivity index (χ0) is 16.9. The molecule has 0 unspecified atom stereocenters. The molecule has 1 aromatic rings. The number of fused-ring (bicyclic) bond motifs is 1. The SMILES string of the molecule is CN([SiH3])CCCCCOc1ccc2c(c1)CCCN2S(=O)(=O)O. The van der Waals surface area contributed by atoms with Crippen molar-refractivity contribution in [3.8, 4) is 5.75 Å². The van der Waals surface area contributed by atoms with Crippen LogP contribution < -0.4 is 9.04 Å². The molecule has 130 valence electrons. The van der Waals surface area contributed by atoms with Gasteiger partial charge in [0, 0.05) is 6.54 Å². The average molecular weight is 359 g/mol. The lowest BCUT2D eigenvalue weighted by atomic mass is 10.0. The minimum absolute atomic E-state index is 0.320. The van der Waals surface area contributed by atoms with Crippen LogP contribution in [0.25, 0.3) is 0 Å². The van der Waals surface area contributed by atoms with Crippen molar-refractivity contribution in [2.45, 2.75) is 32.1 Å². The molecule has 1 heterocycles. The van der Waals surface area contributed by atoms with Gasteiger partial charge >= 0.3 is 10.3 Å². The van der Waals surface area contributed by atoms with E-state index in [9.17, 15) is 13.0 Å². The molecule has 0 bridgehead atoms. The molecule has 6 nitrogen and oxygen atoms in total. The molecular weight excluding hydrogens is 332 g/mol. The first-order valence-electron chi connectivity index (χ1n) is 8.03. The lowest BCUT2D eigenvalue weighted by Gasteiger charge is -2.28. The number of benzene rings is 1. The zero-order valence-corrected chi connectivity index (χ0v) is 16.7. The van der Waals surface area contributed by atoms with Crippen LogP contribution in [0.1, 0.15) is 31.2 Å². The summed E-state index contributed by atoms with van der Waals surface area (Å²) in [6, 6.07) is 5.38. The van der Waals surface area contributed by atoms with E-state index in [1.165, 1.54) is 6.42 Å². The highest BCUT2D eigenvalue weighted by molar-refractivity contribution is 7.87. The van der Waals surface area contributed by atoms with Gasteiger partial charge in [-0.15, -0.1) is 0 Å². The number of nitrogens with zero attached hydrogens (tertiary/aromatic N) is 2. The first-order valence-corrected chi connectivity index (χ1v) is 10.3. The summed E-state index contributed by atoms with van der Waals surface area (Å²) < 4.78 is 41.2. The molecule has 0 fully saturated rings. The minimum Gasteiger partial charge on any atom is -0.494 e. The van der Waals surface area contributed by atoms with Crippen LogP contribution in [0, 0.1) is 0 Å². The fraction of sp³-hybridized carbons (Fsp3) is 0.600. The third-order valence-corrected chi connectivity index (χ3v) is 5.31. The number of rotatable bonds is 8. The van der Waals surface area contributed by atoms with E-state index in [1.54, 1.807) is 12.1 Å². The number of anilines is 1. The Morgan fingerprint density at radius 2 is 2.13 bits per heavy atom. The maximum Gasteiger partial charge on any atom is 0.359 e. The van der Waals surface area contributed by atoms with Gasteiger partial charge in [0.05, 0.1) is 22.7 Å². The van der Waals surface area contributed by atoms with Gasteiger partial charge < -0.3 is 9.30 Å². The second-order valence-corrected chi connectivity index (χ2v) is 9.02. The highest BCUT2D eigenvalue weighted by Crippen LogP contribution is 2.32. The van der Waals surface area contributed by atoms with Crippen LogP contribution in [-0.2, 0) is 16.7 Å². The second-order valence-electron chi connectivity index (χ2n) is 6.16. The number of unbranched alkanes of at least 4 members (excludes halogenated alkanes) is 2. The second kappa shape index (κ2) is 8.14. The van der Waals surface area contributed by atoms with Crippen molar-refractivity contribution in [2.24, 2.45) is 0 Å². The van der Waals surface area contributed by atoms with E-state index < -0.39 is 10.3 Å². The van der Waals surface area contributed by atoms with Crippen LogP contribution in [0.2, 0.25) is 0 Å². The van der Waals surface area contributed by atoms with Crippen molar-refractivity contribution in [2.75, 3.05) is 31.0 Å². The molecule has 0 aromatic heterocycles. The average Bonchev–Trinajstić information content (AvgIpc) is 2.48. The first kappa shape index (κ1) is 18.2. The normalized spacial score (nSPS) is 15.0. The quantitative estimate of drug-likeness (QED) is 0.427. The van der Waals surface area contributed by atoms with E-state index in [0.29, 0.717) is 25.3 Å². The van der Waals surface area contributed by atoms with E-state index in [1.807, 2.05) is 6.07 Å². The molecule has 1 N–H and O–H groups in total.